The average molecular weight is 263 g/mol. The van der Waals surface area contributed by atoms with Crippen molar-refractivity contribution in [3.8, 4) is 0 Å². The Kier molecular flexibility index (Phi) is 5.85. The van der Waals surface area contributed by atoms with Crippen LogP contribution in [-0.2, 0) is 10.2 Å². The molecular weight excluding hydrogens is 238 g/mol. The smallest absolute Gasteiger partial charge is 0.279 e. The lowest BCUT2D eigenvalue weighted by Gasteiger charge is -2.32. The lowest BCUT2D eigenvalue weighted by atomic mass is 10.1. The summed E-state index contributed by atoms with van der Waals surface area (Å²) in [7, 11) is -3.33. The molecule has 1 rings (SSSR count). The van der Waals surface area contributed by atoms with Gasteiger partial charge in [-0.1, -0.05) is 13.3 Å². The summed E-state index contributed by atoms with van der Waals surface area (Å²) in [6.07, 6.45) is 3.44. The quantitative estimate of drug-likeness (QED) is 0.741. The first-order valence-corrected chi connectivity index (χ1v) is 7.91. The third-order valence-corrected chi connectivity index (χ3v) is 4.87. The predicted octanol–water partition coefficient (Wildman–Crippen LogP) is 0.693. The van der Waals surface area contributed by atoms with Gasteiger partial charge in [0, 0.05) is 25.2 Å². The standard InChI is InChI=1S/C11H25N3O2S/c1-4-13-17(15,16)14(10(2)3)9-11-7-5-6-8-12-11/h10-13H,4-9H2,1-3H3. The highest BCUT2D eigenvalue weighted by Crippen LogP contribution is 2.12. The van der Waals surface area contributed by atoms with Gasteiger partial charge in [-0.05, 0) is 33.2 Å². The molecule has 5 nitrogen and oxygen atoms in total. The van der Waals surface area contributed by atoms with Gasteiger partial charge in [0.1, 0.15) is 0 Å². The van der Waals surface area contributed by atoms with Crippen molar-refractivity contribution in [2.75, 3.05) is 19.6 Å². The molecule has 0 aliphatic carbocycles. The molecule has 0 amide bonds. The summed E-state index contributed by atoms with van der Waals surface area (Å²) in [5.41, 5.74) is 0. The number of nitrogens with zero attached hydrogens (tertiary/aromatic N) is 1. The van der Waals surface area contributed by atoms with E-state index in [4.69, 9.17) is 0 Å². The van der Waals surface area contributed by atoms with E-state index in [2.05, 4.69) is 10.0 Å². The monoisotopic (exact) mass is 263 g/mol. The summed E-state index contributed by atoms with van der Waals surface area (Å²) in [4.78, 5) is 0. The van der Waals surface area contributed by atoms with Crippen LogP contribution in [0.1, 0.15) is 40.0 Å². The fourth-order valence-electron chi connectivity index (χ4n) is 2.15. The number of hydrogen-bond donors (Lipinski definition) is 2. The van der Waals surface area contributed by atoms with Gasteiger partial charge < -0.3 is 5.32 Å². The van der Waals surface area contributed by atoms with E-state index in [0.717, 1.165) is 13.0 Å². The lowest BCUT2D eigenvalue weighted by Crippen LogP contribution is -2.51. The molecular formula is C11H25N3O2S. The Bertz CT molecular complexity index is 311. The number of hydrogen-bond acceptors (Lipinski definition) is 3. The summed E-state index contributed by atoms with van der Waals surface area (Å²) in [5, 5.41) is 3.38. The summed E-state index contributed by atoms with van der Waals surface area (Å²) < 4.78 is 28.2. The highest BCUT2D eigenvalue weighted by atomic mass is 32.2. The summed E-state index contributed by atoms with van der Waals surface area (Å²) in [6.45, 7) is 7.62. The van der Waals surface area contributed by atoms with Crippen molar-refractivity contribution in [1.82, 2.24) is 14.3 Å². The fourth-order valence-corrected chi connectivity index (χ4v) is 3.61. The van der Waals surface area contributed by atoms with E-state index in [9.17, 15) is 8.42 Å². The zero-order chi connectivity index (χ0) is 12.9. The molecule has 6 heteroatoms. The normalized spacial score (nSPS) is 22.3. The van der Waals surface area contributed by atoms with Gasteiger partial charge in [0.15, 0.2) is 0 Å². The van der Waals surface area contributed by atoms with E-state index < -0.39 is 10.2 Å². The van der Waals surface area contributed by atoms with Crippen LogP contribution in [0.25, 0.3) is 0 Å². The van der Waals surface area contributed by atoms with E-state index >= 15 is 0 Å². The van der Waals surface area contributed by atoms with Crippen LogP contribution in [-0.4, -0.2) is 44.4 Å². The van der Waals surface area contributed by atoms with Crippen LogP contribution < -0.4 is 10.0 Å². The van der Waals surface area contributed by atoms with Crippen molar-refractivity contribution >= 4 is 10.2 Å². The van der Waals surface area contributed by atoms with Gasteiger partial charge in [-0.3, -0.25) is 0 Å². The van der Waals surface area contributed by atoms with E-state index in [-0.39, 0.29) is 6.04 Å². The summed E-state index contributed by atoms with van der Waals surface area (Å²) in [5.74, 6) is 0. The van der Waals surface area contributed by atoms with Crippen LogP contribution in [0.3, 0.4) is 0 Å². The highest BCUT2D eigenvalue weighted by Gasteiger charge is 2.27. The first-order valence-electron chi connectivity index (χ1n) is 6.47. The highest BCUT2D eigenvalue weighted by molar-refractivity contribution is 7.87. The molecule has 1 fully saturated rings. The third kappa shape index (κ3) is 4.54. The largest absolute Gasteiger partial charge is 0.313 e. The molecule has 0 radical (unpaired) electrons. The SMILES string of the molecule is CCNS(=O)(=O)N(CC1CCCCN1)C(C)C. The van der Waals surface area contributed by atoms with E-state index in [0.29, 0.717) is 19.1 Å². The van der Waals surface area contributed by atoms with Gasteiger partial charge in [0.2, 0.25) is 0 Å². The predicted molar refractivity (Wildman–Crippen MR) is 70.1 cm³/mol. The molecule has 1 heterocycles. The molecule has 0 aromatic rings. The molecule has 17 heavy (non-hydrogen) atoms. The molecule has 102 valence electrons. The first kappa shape index (κ1) is 14.9. The Balaban J connectivity index is 2.65. The topological polar surface area (TPSA) is 61.4 Å². The first-order chi connectivity index (χ1) is 7.97. The summed E-state index contributed by atoms with van der Waals surface area (Å²) in [6, 6.07) is 0.280. The molecule has 1 saturated heterocycles. The van der Waals surface area contributed by atoms with E-state index in [1.165, 1.54) is 12.8 Å². The second-order valence-electron chi connectivity index (χ2n) is 4.81. The molecule has 0 saturated carbocycles. The van der Waals surface area contributed by atoms with Crippen molar-refractivity contribution in [2.24, 2.45) is 0 Å². The lowest BCUT2D eigenvalue weighted by molar-refractivity contribution is 0.280. The zero-order valence-electron chi connectivity index (χ0n) is 11.1. The minimum atomic E-state index is -3.33. The summed E-state index contributed by atoms with van der Waals surface area (Å²) >= 11 is 0. The maximum Gasteiger partial charge on any atom is 0.279 e. The van der Waals surface area contributed by atoms with E-state index in [1.807, 2.05) is 13.8 Å². The van der Waals surface area contributed by atoms with Crippen LogP contribution in [0.5, 0.6) is 0 Å². The van der Waals surface area contributed by atoms with Gasteiger partial charge in [-0.15, -0.1) is 0 Å². The van der Waals surface area contributed by atoms with Crippen molar-refractivity contribution < 1.29 is 8.42 Å². The molecule has 0 aromatic carbocycles. The fraction of sp³-hybridized carbons (Fsp3) is 1.00. The Morgan fingerprint density at radius 3 is 2.59 bits per heavy atom. The van der Waals surface area contributed by atoms with Crippen LogP contribution in [0.15, 0.2) is 0 Å². The zero-order valence-corrected chi connectivity index (χ0v) is 11.9. The Hall–Kier alpha value is -0.170. The van der Waals surface area contributed by atoms with Gasteiger partial charge in [-0.25, -0.2) is 4.72 Å². The van der Waals surface area contributed by atoms with Crippen molar-refractivity contribution in [2.45, 2.75) is 52.1 Å². The molecule has 1 unspecified atom stereocenters. The number of nitrogens with one attached hydrogen (secondary N) is 2. The molecule has 0 spiro atoms. The Morgan fingerprint density at radius 2 is 2.12 bits per heavy atom. The molecule has 1 aliphatic heterocycles. The average Bonchev–Trinajstić information content (AvgIpc) is 2.26. The van der Waals surface area contributed by atoms with Crippen molar-refractivity contribution in [3.05, 3.63) is 0 Å². The Labute approximate surface area is 105 Å². The molecule has 2 N–H and O–H groups in total. The maximum absolute atomic E-state index is 12.0. The third-order valence-electron chi connectivity index (χ3n) is 3.02. The van der Waals surface area contributed by atoms with Crippen LogP contribution in [0, 0.1) is 0 Å². The molecule has 0 aromatic heterocycles. The minimum absolute atomic E-state index is 0.0113. The van der Waals surface area contributed by atoms with Crippen LogP contribution in [0.4, 0.5) is 0 Å². The number of piperidine rings is 1. The minimum Gasteiger partial charge on any atom is -0.313 e. The molecule has 1 atom stereocenters. The van der Waals surface area contributed by atoms with Crippen LogP contribution in [0.2, 0.25) is 0 Å². The number of rotatable bonds is 6. The maximum atomic E-state index is 12.0. The molecule has 1 aliphatic rings. The second-order valence-corrected chi connectivity index (χ2v) is 6.52. The van der Waals surface area contributed by atoms with Crippen LogP contribution >= 0.6 is 0 Å². The van der Waals surface area contributed by atoms with E-state index in [1.54, 1.807) is 11.2 Å². The Morgan fingerprint density at radius 1 is 1.41 bits per heavy atom. The van der Waals surface area contributed by atoms with Gasteiger partial charge in [-0.2, -0.15) is 12.7 Å². The van der Waals surface area contributed by atoms with Gasteiger partial charge in [0.25, 0.3) is 10.2 Å². The van der Waals surface area contributed by atoms with Gasteiger partial charge in [0.05, 0.1) is 0 Å². The van der Waals surface area contributed by atoms with Crippen molar-refractivity contribution in [1.29, 1.82) is 0 Å². The molecule has 0 bridgehead atoms. The second kappa shape index (κ2) is 6.68. The van der Waals surface area contributed by atoms with Gasteiger partial charge >= 0.3 is 0 Å². The van der Waals surface area contributed by atoms with Crippen molar-refractivity contribution in [3.63, 3.8) is 0 Å².